The van der Waals surface area contributed by atoms with Crippen molar-refractivity contribution in [2.75, 3.05) is 34.0 Å². The van der Waals surface area contributed by atoms with Gasteiger partial charge in [-0.25, -0.2) is 8.42 Å². The molecule has 4 rings (SSSR count). The van der Waals surface area contributed by atoms with E-state index >= 15 is 0 Å². The molecule has 2 amide bonds. The van der Waals surface area contributed by atoms with Gasteiger partial charge in [0.15, 0.2) is 5.94 Å². The van der Waals surface area contributed by atoms with Gasteiger partial charge in [-0.15, -0.1) is 0 Å². The summed E-state index contributed by atoms with van der Waals surface area (Å²) in [5, 5.41) is 7.35. The molecular weight excluding hydrogens is 454 g/mol. The van der Waals surface area contributed by atoms with E-state index in [4.69, 9.17) is 16.3 Å². The summed E-state index contributed by atoms with van der Waals surface area (Å²) in [4.78, 5) is 24.4. The second-order valence-corrected chi connectivity index (χ2v) is 9.46. The predicted octanol–water partition coefficient (Wildman–Crippen LogP) is 3.83. The van der Waals surface area contributed by atoms with Crippen LogP contribution in [0.1, 0.15) is 17.3 Å². The summed E-state index contributed by atoms with van der Waals surface area (Å²) in [6, 6.07) is 14.9. The van der Waals surface area contributed by atoms with Crippen LogP contribution in [-0.2, 0) is 19.6 Å². The fourth-order valence-electron chi connectivity index (χ4n) is 3.54. The Bertz CT molecular complexity index is 1310. The quantitative estimate of drug-likeness (QED) is 0.599. The number of hydrogen-bond acceptors (Lipinski definition) is 5. The molecule has 1 fully saturated rings. The molecule has 0 atom stereocenters. The highest BCUT2D eigenvalue weighted by atomic mass is 35.5. The standard InChI is InChI=1S/C22H20ClN3O5S/c1-14(27)24-20-4-2-3-17-19(10-9-18(23)21(17)20)25-22(28)15-5-7-16(8-6-15)26-11-12-31-13-32(26,29)30/h2-10H,11-13H2,1H3,(H,24,27)(H,25,28). The summed E-state index contributed by atoms with van der Waals surface area (Å²) >= 11 is 6.36. The van der Waals surface area contributed by atoms with Crippen molar-refractivity contribution in [1.29, 1.82) is 0 Å². The zero-order chi connectivity index (χ0) is 22.9. The van der Waals surface area contributed by atoms with Gasteiger partial charge in [0, 0.05) is 28.9 Å². The number of halogens is 1. The first-order valence-corrected chi connectivity index (χ1v) is 11.7. The van der Waals surface area contributed by atoms with E-state index in [0.29, 0.717) is 45.0 Å². The number of fused-ring (bicyclic) bond motifs is 1. The number of amides is 2. The fourth-order valence-corrected chi connectivity index (χ4v) is 5.06. The lowest BCUT2D eigenvalue weighted by atomic mass is 10.1. The summed E-state index contributed by atoms with van der Waals surface area (Å²) in [5.41, 5.74) is 1.91. The number of rotatable bonds is 4. The SMILES string of the molecule is CC(=O)Nc1cccc2c(NC(=O)c3ccc(N4CCOCS4(=O)=O)cc3)ccc(Cl)c12. The zero-order valence-corrected chi connectivity index (χ0v) is 18.7. The molecule has 1 aliphatic rings. The van der Waals surface area contributed by atoms with Gasteiger partial charge in [0.25, 0.3) is 15.9 Å². The van der Waals surface area contributed by atoms with Gasteiger partial charge < -0.3 is 15.4 Å². The Morgan fingerprint density at radius 3 is 2.44 bits per heavy atom. The normalized spacial score (nSPS) is 15.4. The van der Waals surface area contributed by atoms with Crippen LogP contribution in [0.4, 0.5) is 17.1 Å². The average Bonchev–Trinajstić information content (AvgIpc) is 2.75. The summed E-state index contributed by atoms with van der Waals surface area (Å²) in [7, 11) is -3.53. The molecule has 3 aromatic carbocycles. The highest BCUT2D eigenvalue weighted by Gasteiger charge is 2.26. The first-order chi connectivity index (χ1) is 15.3. The highest BCUT2D eigenvalue weighted by Crippen LogP contribution is 2.35. The van der Waals surface area contributed by atoms with Crippen LogP contribution in [0, 0.1) is 0 Å². The van der Waals surface area contributed by atoms with Crippen molar-refractivity contribution < 1.29 is 22.7 Å². The number of ether oxygens (including phenoxy) is 1. The number of hydrogen-bond donors (Lipinski definition) is 2. The minimum Gasteiger partial charge on any atom is -0.362 e. The van der Waals surface area contributed by atoms with E-state index in [2.05, 4.69) is 10.6 Å². The maximum atomic E-state index is 12.9. The highest BCUT2D eigenvalue weighted by molar-refractivity contribution is 7.92. The third-order valence-corrected chi connectivity index (χ3v) is 6.82. The molecule has 10 heteroatoms. The van der Waals surface area contributed by atoms with Crippen molar-refractivity contribution >= 4 is 61.3 Å². The summed E-state index contributed by atoms with van der Waals surface area (Å²) in [6.45, 7) is 1.94. The van der Waals surface area contributed by atoms with Crippen molar-refractivity contribution in [3.05, 3.63) is 65.2 Å². The lowest BCUT2D eigenvalue weighted by Gasteiger charge is -2.28. The first-order valence-electron chi connectivity index (χ1n) is 9.75. The van der Waals surface area contributed by atoms with Crippen LogP contribution in [0.25, 0.3) is 10.8 Å². The predicted molar refractivity (Wildman–Crippen MR) is 125 cm³/mol. The van der Waals surface area contributed by atoms with Gasteiger partial charge in [-0.2, -0.15) is 0 Å². The Morgan fingerprint density at radius 2 is 1.75 bits per heavy atom. The minimum absolute atomic E-state index is 0.223. The van der Waals surface area contributed by atoms with Crippen LogP contribution in [0.2, 0.25) is 5.02 Å². The largest absolute Gasteiger partial charge is 0.362 e. The zero-order valence-electron chi connectivity index (χ0n) is 17.1. The third kappa shape index (κ3) is 4.40. The fraction of sp³-hybridized carbons (Fsp3) is 0.182. The molecule has 32 heavy (non-hydrogen) atoms. The molecule has 8 nitrogen and oxygen atoms in total. The molecule has 2 N–H and O–H groups in total. The monoisotopic (exact) mass is 473 g/mol. The van der Waals surface area contributed by atoms with Crippen LogP contribution in [0.5, 0.6) is 0 Å². The maximum absolute atomic E-state index is 12.9. The summed E-state index contributed by atoms with van der Waals surface area (Å²) < 4.78 is 30.6. The van der Waals surface area contributed by atoms with E-state index in [-0.39, 0.29) is 24.3 Å². The number of anilines is 3. The second-order valence-electron chi connectivity index (χ2n) is 7.22. The van der Waals surface area contributed by atoms with Gasteiger partial charge in [0.2, 0.25) is 5.91 Å². The molecule has 0 spiro atoms. The number of benzene rings is 3. The lowest BCUT2D eigenvalue weighted by molar-refractivity contribution is -0.114. The van der Waals surface area contributed by atoms with Gasteiger partial charge in [-0.1, -0.05) is 23.7 Å². The minimum atomic E-state index is -3.53. The number of nitrogens with zero attached hydrogens (tertiary/aromatic N) is 1. The number of carbonyl (C=O) groups excluding carboxylic acids is 2. The molecule has 166 valence electrons. The molecule has 1 heterocycles. The summed E-state index contributed by atoms with van der Waals surface area (Å²) in [5.74, 6) is -0.959. The topological polar surface area (TPSA) is 105 Å². The third-order valence-electron chi connectivity index (χ3n) is 4.97. The Balaban J connectivity index is 1.60. The lowest BCUT2D eigenvalue weighted by Crippen LogP contribution is -2.41. The second kappa shape index (κ2) is 8.78. The molecule has 3 aromatic rings. The number of carbonyl (C=O) groups is 2. The van der Waals surface area contributed by atoms with Crippen molar-refractivity contribution in [1.82, 2.24) is 0 Å². The smallest absolute Gasteiger partial charge is 0.259 e. The van der Waals surface area contributed by atoms with E-state index in [1.807, 2.05) is 0 Å². The Morgan fingerprint density at radius 1 is 1.00 bits per heavy atom. The van der Waals surface area contributed by atoms with Crippen LogP contribution in [0.3, 0.4) is 0 Å². The van der Waals surface area contributed by atoms with Gasteiger partial charge in [-0.05, 0) is 42.5 Å². The number of nitrogens with one attached hydrogen (secondary N) is 2. The van der Waals surface area contributed by atoms with Crippen molar-refractivity contribution in [3.8, 4) is 0 Å². The van der Waals surface area contributed by atoms with Crippen molar-refractivity contribution in [3.63, 3.8) is 0 Å². The maximum Gasteiger partial charge on any atom is 0.259 e. The molecule has 0 radical (unpaired) electrons. The molecule has 0 aliphatic carbocycles. The molecule has 1 saturated heterocycles. The Labute approximate surface area is 190 Å². The molecule has 0 saturated carbocycles. The average molecular weight is 474 g/mol. The van der Waals surface area contributed by atoms with E-state index in [1.54, 1.807) is 54.6 Å². The van der Waals surface area contributed by atoms with Gasteiger partial charge >= 0.3 is 0 Å². The molecule has 0 aromatic heterocycles. The first kappa shape index (κ1) is 22.1. The van der Waals surface area contributed by atoms with Crippen LogP contribution >= 0.6 is 11.6 Å². The summed E-state index contributed by atoms with van der Waals surface area (Å²) in [6.07, 6.45) is 0. The molecule has 1 aliphatic heterocycles. The van der Waals surface area contributed by atoms with Gasteiger partial charge in [0.1, 0.15) is 0 Å². The van der Waals surface area contributed by atoms with Crippen molar-refractivity contribution in [2.24, 2.45) is 0 Å². The Hall–Kier alpha value is -3.14. The van der Waals surface area contributed by atoms with Crippen LogP contribution in [0.15, 0.2) is 54.6 Å². The molecular formula is C22H20ClN3O5S. The Kier molecular flexibility index (Phi) is 6.05. The van der Waals surface area contributed by atoms with Crippen LogP contribution in [-0.4, -0.2) is 39.3 Å². The van der Waals surface area contributed by atoms with E-state index in [9.17, 15) is 18.0 Å². The van der Waals surface area contributed by atoms with E-state index in [0.717, 1.165) is 0 Å². The van der Waals surface area contributed by atoms with Gasteiger partial charge in [0.05, 0.1) is 29.5 Å². The van der Waals surface area contributed by atoms with Crippen molar-refractivity contribution in [2.45, 2.75) is 6.92 Å². The van der Waals surface area contributed by atoms with E-state index < -0.39 is 10.0 Å². The number of sulfonamides is 1. The van der Waals surface area contributed by atoms with Gasteiger partial charge in [-0.3, -0.25) is 13.9 Å². The van der Waals surface area contributed by atoms with E-state index in [1.165, 1.54) is 11.2 Å². The molecule has 0 bridgehead atoms. The molecule has 0 unspecified atom stereocenters. The van der Waals surface area contributed by atoms with Crippen LogP contribution < -0.4 is 14.9 Å².